The van der Waals surface area contributed by atoms with Crippen LogP contribution in [0.15, 0.2) is 11.6 Å². The van der Waals surface area contributed by atoms with Gasteiger partial charge in [-0.2, -0.15) is 0 Å². The highest BCUT2D eigenvalue weighted by Gasteiger charge is 2.59. The summed E-state index contributed by atoms with van der Waals surface area (Å²) >= 11 is 0. The zero-order valence-electron chi connectivity index (χ0n) is 22.1. The van der Waals surface area contributed by atoms with E-state index in [-0.39, 0.29) is 18.0 Å². The predicted molar refractivity (Wildman–Crippen MR) is 134 cm³/mol. The summed E-state index contributed by atoms with van der Waals surface area (Å²) in [4.78, 5) is 25.2. The molecule has 3 heteroatoms. The van der Waals surface area contributed by atoms with E-state index in [4.69, 9.17) is 4.74 Å². The Morgan fingerprint density at radius 1 is 1.09 bits per heavy atom. The molecule has 186 valence electrons. The normalized spacial score (nSPS) is 41.5. The van der Waals surface area contributed by atoms with E-state index >= 15 is 0 Å². The lowest BCUT2D eigenvalue weighted by atomic mass is 9.50. The minimum Gasteiger partial charge on any atom is -0.462 e. The molecule has 3 nitrogen and oxygen atoms in total. The molecule has 0 aromatic heterocycles. The van der Waals surface area contributed by atoms with Gasteiger partial charge in [0, 0.05) is 19.3 Å². The van der Waals surface area contributed by atoms with E-state index in [1.807, 2.05) is 6.08 Å². The molecule has 0 aromatic rings. The van der Waals surface area contributed by atoms with Gasteiger partial charge in [-0.3, -0.25) is 9.59 Å². The zero-order chi connectivity index (χ0) is 23.9. The molecule has 0 N–H and O–H groups in total. The van der Waals surface area contributed by atoms with Gasteiger partial charge >= 0.3 is 5.97 Å². The third kappa shape index (κ3) is 4.85. The van der Waals surface area contributed by atoms with Crippen molar-refractivity contribution in [3.63, 3.8) is 0 Å². The van der Waals surface area contributed by atoms with Crippen molar-refractivity contribution in [2.75, 3.05) is 0 Å². The van der Waals surface area contributed by atoms with Gasteiger partial charge in [0.1, 0.15) is 6.10 Å². The van der Waals surface area contributed by atoms with Crippen LogP contribution in [0.5, 0.6) is 0 Å². The minimum absolute atomic E-state index is 0.0537. The summed E-state index contributed by atoms with van der Waals surface area (Å²) in [6.07, 6.45) is 13.8. The Bertz CT molecular complexity index is 767. The number of hydrogen-bond donors (Lipinski definition) is 0. The van der Waals surface area contributed by atoms with Crippen molar-refractivity contribution >= 4 is 11.8 Å². The van der Waals surface area contributed by atoms with E-state index < -0.39 is 0 Å². The van der Waals surface area contributed by atoms with Gasteiger partial charge in [-0.25, -0.2) is 0 Å². The van der Waals surface area contributed by atoms with Crippen LogP contribution in [-0.4, -0.2) is 17.9 Å². The van der Waals surface area contributed by atoms with E-state index in [1.165, 1.54) is 57.4 Å². The highest BCUT2D eigenvalue weighted by atomic mass is 16.5. The Morgan fingerprint density at radius 3 is 2.55 bits per heavy atom. The number of allylic oxidation sites excluding steroid dienone is 1. The first-order valence-electron chi connectivity index (χ1n) is 14.0. The summed E-state index contributed by atoms with van der Waals surface area (Å²) in [6, 6.07) is 0. The Hall–Kier alpha value is -1.12. The van der Waals surface area contributed by atoms with Gasteiger partial charge in [-0.15, -0.1) is 0 Å². The minimum atomic E-state index is -0.195. The van der Waals surface area contributed by atoms with Crippen molar-refractivity contribution in [2.24, 2.45) is 52.8 Å². The third-order valence-electron chi connectivity index (χ3n) is 10.4. The quantitative estimate of drug-likeness (QED) is 0.391. The Balaban J connectivity index is 1.53. The van der Waals surface area contributed by atoms with Gasteiger partial charge in [-0.1, -0.05) is 59.5 Å². The lowest BCUT2D eigenvalue weighted by molar-refractivity contribution is -0.146. The molecule has 0 heterocycles. The fourth-order valence-corrected chi connectivity index (χ4v) is 8.97. The van der Waals surface area contributed by atoms with Crippen molar-refractivity contribution in [3.8, 4) is 0 Å². The Morgan fingerprint density at radius 2 is 1.85 bits per heavy atom. The van der Waals surface area contributed by atoms with Gasteiger partial charge in [-0.05, 0) is 91.4 Å². The van der Waals surface area contributed by atoms with Crippen LogP contribution in [0.3, 0.4) is 0 Å². The lowest BCUT2D eigenvalue weighted by Crippen LogP contribution is -2.50. The molecule has 0 aliphatic heterocycles. The maximum Gasteiger partial charge on any atom is 0.302 e. The summed E-state index contributed by atoms with van der Waals surface area (Å²) in [5.74, 6) is 4.87. The molecule has 33 heavy (non-hydrogen) atoms. The molecule has 0 aromatic carbocycles. The molecule has 4 rings (SSSR count). The predicted octanol–water partition coefficient (Wildman–Crippen LogP) is 7.38. The second-order valence-electron chi connectivity index (χ2n) is 13.0. The van der Waals surface area contributed by atoms with Crippen LogP contribution in [0.25, 0.3) is 0 Å². The molecular weight excluding hydrogens is 408 g/mol. The van der Waals surface area contributed by atoms with Gasteiger partial charge in [0.05, 0.1) is 0 Å². The van der Waals surface area contributed by atoms with Gasteiger partial charge in [0.25, 0.3) is 0 Å². The largest absolute Gasteiger partial charge is 0.462 e. The second-order valence-corrected chi connectivity index (χ2v) is 13.0. The number of esters is 1. The van der Waals surface area contributed by atoms with Crippen molar-refractivity contribution in [1.82, 2.24) is 0 Å². The fourth-order valence-electron chi connectivity index (χ4n) is 8.97. The average Bonchev–Trinajstić information content (AvgIpc) is 3.00. The Kier molecular flexibility index (Phi) is 7.47. The molecule has 3 saturated carbocycles. The highest BCUT2D eigenvalue weighted by Crippen LogP contribution is 2.64. The molecule has 4 aliphatic rings. The van der Waals surface area contributed by atoms with Gasteiger partial charge in [0.2, 0.25) is 0 Å². The molecule has 0 spiro atoms. The summed E-state index contributed by atoms with van der Waals surface area (Å²) in [7, 11) is 0. The number of fused-ring (bicyclic) bond motifs is 5. The molecule has 0 saturated heterocycles. The molecule has 4 aliphatic carbocycles. The standard InChI is InChI=1S/C30H48O3/c1-18(2)8-7-9-19(3)25-12-13-26-29-24(14-15-30(25,26)6)28-20(4)10-11-23(33-21(5)31)16-22(28)17-27(29)32/h17-20,23-26,28-29H,7-16H2,1-6H3/t19?,20-,23?,24?,25?,26?,28?,29?,30-/m1/s1. The van der Waals surface area contributed by atoms with E-state index in [1.54, 1.807) is 0 Å². The average molecular weight is 457 g/mol. The molecule has 0 radical (unpaired) electrons. The first-order chi connectivity index (χ1) is 15.6. The van der Waals surface area contributed by atoms with Crippen molar-refractivity contribution < 1.29 is 14.3 Å². The van der Waals surface area contributed by atoms with Crippen LogP contribution in [0.4, 0.5) is 0 Å². The van der Waals surface area contributed by atoms with Gasteiger partial charge < -0.3 is 4.74 Å². The number of hydrogen-bond acceptors (Lipinski definition) is 3. The van der Waals surface area contributed by atoms with Crippen molar-refractivity contribution in [2.45, 2.75) is 112 Å². The number of carbonyl (C=O) groups excluding carboxylic acids is 2. The summed E-state index contributed by atoms with van der Waals surface area (Å²) < 4.78 is 5.62. The van der Waals surface area contributed by atoms with Crippen LogP contribution in [0.1, 0.15) is 106 Å². The first kappa shape index (κ1) is 25.0. The maximum atomic E-state index is 13.7. The molecular formula is C30H48O3. The lowest BCUT2D eigenvalue weighted by Gasteiger charge is -2.53. The number of ether oxygens (including phenoxy) is 1. The Labute approximate surface area is 202 Å². The van der Waals surface area contributed by atoms with Crippen molar-refractivity contribution in [1.29, 1.82) is 0 Å². The zero-order valence-corrected chi connectivity index (χ0v) is 22.1. The van der Waals surface area contributed by atoms with Gasteiger partial charge in [0.15, 0.2) is 5.78 Å². The highest BCUT2D eigenvalue weighted by molar-refractivity contribution is 5.94. The number of carbonyl (C=O) groups is 2. The molecule has 7 unspecified atom stereocenters. The van der Waals surface area contributed by atoms with E-state index in [2.05, 4.69) is 34.6 Å². The molecule has 0 amide bonds. The van der Waals surface area contributed by atoms with Crippen LogP contribution in [-0.2, 0) is 14.3 Å². The van der Waals surface area contributed by atoms with E-state index in [9.17, 15) is 9.59 Å². The second kappa shape index (κ2) is 9.86. The van der Waals surface area contributed by atoms with Crippen LogP contribution in [0.2, 0.25) is 0 Å². The van der Waals surface area contributed by atoms with E-state index in [0.29, 0.717) is 34.9 Å². The van der Waals surface area contributed by atoms with Crippen LogP contribution < -0.4 is 0 Å². The van der Waals surface area contributed by atoms with Crippen LogP contribution in [0, 0.1) is 52.8 Å². The van der Waals surface area contributed by atoms with Crippen LogP contribution >= 0.6 is 0 Å². The SMILES string of the molecule is CC(=O)OC1CC[C@@H](C)C2C(=CC(=O)C3C2CC[C@]2(C)C(C(C)CCCC(C)C)CCC32)C1. The smallest absolute Gasteiger partial charge is 0.302 e. The summed E-state index contributed by atoms with van der Waals surface area (Å²) in [5.41, 5.74) is 1.62. The summed E-state index contributed by atoms with van der Waals surface area (Å²) in [5, 5.41) is 0. The van der Waals surface area contributed by atoms with E-state index in [0.717, 1.165) is 37.0 Å². The molecule has 0 bridgehead atoms. The monoisotopic (exact) mass is 456 g/mol. The number of ketones is 1. The fraction of sp³-hybridized carbons (Fsp3) is 0.867. The topological polar surface area (TPSA) is 43.4 Å². The number of rotatable bonds is 6. The van der Waals surface area contributed by atoms with Crippen molar-refractivity contribution in [3.05, 3.63) is 11.6 Å². The molecule has 9 atom stereocenters. The summed E-state index contributed by atoms with van der Waals surface area (Å²) in [6.45, 7) is 13.6. The maximum absolute atomic E-state index is 13.7. The first-order valence-corrected chi connectivity index (χ1v) is 14.0. The molecule has 3 fully saturated rings. The third-order valence-corrected chi connectivity index (χ3v) is 10.4.